The molecule has 166 valence electrons. The summed E-state index contributed by atoms with van der Waals surface area (Å²) in [5.74, 6) is -0.832. The number of piperidine rings is 1. The molecule has 1 N–H and O–H groups in total. The van der Waals surface area contributed by atoms with Gasteiger partial charge in [0, 0.05) is 25.2 Å². The Morgan fingerprint density at radius 2 is 1.94 bits per heavy atom. The first-order valence-corrected chi connectivity index (χ1v) is 10.1. The van der Waals surface area contributed by atoms with Gasteiger partial charge in [0.25, 0.3) is 11.4 Å². The Morgan fingerprint density at radius 3 is 2.74 bits per heavy atom. The third kappa shape index (κ3) is 4.84. The molecule has 4 heterocycles. The van der Waals surface area contributed by atoms with Gasteiger partial charge in [0.05, 0.1) is 12.2 Å². The van der Waals surface area contributed by atoms with Crippen molar-refractivity contribution in [3.05, 3.63) is 46.1 Å². The largest absolute Gasteiger partial charge is 0.453 e. The fourth-order valence-corrected chi connectivity index (χ4v) is 3.80. The highest BCUT2D eigenvalue weighted by Gasteiger charge is 2.37. The summed E-state index contributed by atoms with van der Waals surface area (Å²) in [4.78, 5) is 14.3. The molecule has 4 rings (SSSR count). The molecule has 0 spiro atoms. The molecule has 31 heavy (non-hydrogen) atoms. The molecule has 1 aliphatic heterocycles. The van der Waals surface area contributed by atoms with E-state index in [1.54, 1.807) is 12.1 Å². The van der Waals surface area contributed by atoms with E-state index in [2.05, 4.69) is 30.6 Å². The van der Waals surface area contributed by atoms with E-state index in [1.807, 2.05) is 6.92 Å². The van der Waals surface area contributed by atoms with E-state index in [4.69, 9.17) is 0 Å². The second kappa shape index (κ2) is 8.61. The van der Waals surface area contributed by atoms with E-state index in [1.165, 1.54) is 16.8 Å². The number of anilines is 1. The minimum Gasteiger partial charge on any atom is -0.367 e. The summed E-state index contributed by atoms with van der Waals surface area (Å²) < 4.78 is 41.4. The first-order valence-electron chi connectivity index (χ1n) is 10.1. The highest BCUT2D eigenvalue weighted by Crippen LogP contribution is 2.27. The SMILES string of the molecule is Cc1ccc(=O)n(CCN2CCCCC2CNc2ccc3nnc(C(F)(F)F)n3n2)n1. The van der Waals surface area contributed by atoms with Gasteiger partial charge in [0.15, 0.2) is 5.65 Å². The van der Waals surface area contributed by atoms with Crippen LogP contribution in [0.4, 0.5) is 19.0 Å². The van der Waals surface area contributed by atoms with Crippen LogP contribution < -0.4 is 10.9 Å². The summed E-state index contributed by atoms with van der Waals surface area (Å²) in [7, 11) is 0. The van der Waals surface area contributed by atoms with E-state index < -0.39 is 12.0 Å². The summed E-state index contributed by atoms with van der Waals surface area (Å²) in [5, 5.41) is 18.1. The number of fused-ring (bicyclic) bond motifs is 1. The smallest absolute Gasteiger partial charge is 0.367 e. The minimum atomic E-state index is -4.63. The lowest BCUT2D eigenvalue weighted by Crippen LogP contribution is -2.45. The lowest BCUT2D eigenvalue weighted by Gasteiger charge is -2.35. The number of aromatic nitrogens is 6. The van der Waals surface area contributed by atoms with Crippen LogP contribution in [0, 0.1) is 6.92 Å². The van der Waals surface area contributed by atoms with Crippen molar-refractivity contribution in [1.82, 2.24) is 34.5 Å². The van der Waals surface area contributed by atoms with E-state index in [9.17, 15) is 18.0 Å². The van der Waals surface area contributed by atoms with Gasteiger partial charge < -0.3 is 5.32 Å². The Morgan fingerprint density at radius 1 is 1.10 bits per heavy atom. The fourth-order valence-electron chi connectivity index (χ4n) is 3.80. The molecule has 0 aromatic carbocycles. The average molecular weight is 436 g/mol. The highest BCUT2D eigenvalue weighted by molar-refractivity contribution is 5.44. The number of hydrogen-bond acceptors (Lipinski definition) is 7. The molecule has 1 aliphatic rings. The van der Waals surface area contributed by atoms with Crippen molar-refractivity contribution in [3.8, 4) is 0 Å². The normalized spacial score (nSPS) is 17.9. The topological polar surface area (TPSA) is 93.2 Å². The molecule has 3 aromatic rings. The number of likely N-dealkylation sites (tertiary alicyclic amines) is 1. The van der Waals surface area contributed by atoms with Gasteiger partial charge in [-0.25, -0.2) is 4.68 Å². The van der Waals surface area contributed by atoms with Crippen LogP contribution >= 0.6 is 0 Å². The van der Waals surface area contributed by atoms with Crippen LogP contribution in [0.3, 0.4) is 0 Å². The molecule has 0 bridgehead atoms. The quantitative estimate of drug-likeness (QED) is 0.632. The molecular formula is C19H23F3N8O. The number of nitrogens with zero attached hydrogens (tertiary/aromatic N) is 7. The zero-order valence-electron chi connectivity index (χ0n) is 17.0. The molecule has 1 fully saturated rings. The lowest BCUT2D eigenvalue weighted by atomic mass is 10.0. The van der Waals surface area contributed by atoms with E-state index in [0.717, 1.165) is 31.5 Å². The van der Waals surface area contributed by atoms with E-state index in [-0.39, 0.29) is 17.2 Å². The molecule has 1 atom stereocenters. The zero-order valence-corrected chi connectivity index (χ0v) is 17.0. The van der Waals surface area contributed by atoms with Crippen LogP contribution in [0.2, 0.25) is 0 Å². The van der Waals surface area contributed by atoms with E-state index >= 15 is 0 Å². The van der Waals surface area contributed by atoms with Gasteiger partial charge in [-0.3, -0.25) is 9.69 Å². The van der Waals surface area contributed by atoms with E-state index in [0.29, 0.717) is 30.0 Å². The highest BCUT2D eigenvalue weighted by atomic mass is 19.4. The average Bonchev–Trinajstić information content (AvgIpc) is 3.17. The van der Waals surface area contributed by atoms with Crippen molar-refractivity contribution < 1.29 is 13.2 Å². The minimum absolute atomic E-state index is 0.0354. The molecule has 0 amide bonds. The van der Waals surface area contributed by atoms with Crippen LogP contribution in [-0.4, -0.2) is 60.2 Å². The second-order valence-corrected chi connectivity index (χ2v) is 7.61. The summed E-state index contributed by atoms with van der Waals surface area (Å²) in [6, 6.07) is 6.42. The summed E-state index contributed by atoms with van der Waals surface area (Å²) in [6.45, 7) is 4.41. The monoisotopic (exact) mass is 436 g/mol. The standard InChI is InChI=1S/C19H23F3N8O/c1-13-5-8-17(31)29(26-13)11-10-28-9-3-2-4-14(28)12-23-15-6-7-16-24-25-18(19(20,21)22)30(16)27-15/h5-8,14H,2-4,9-12H2,1H3,(H,23,27). The Hall–Kier alpha value is -3.02. The first-order chi connectivity index (χ1) is 14.8. The van der Waals surface area contributed by atoms with Gasteiger partial charge in [-0.1, -0.05) is 6.42 Å². The van der Waals surface area contributed by atoms with Crippen molar-refractivity contribution in [2.75, 3.05) is 25.0 Å². The van der Waals surface area contributed by atoms with Crippen LogP contribution in [0.25, 0.3) is 5.65 Å². The summed E-state index contributed by atoms with van der Waals surface area (Å²) >= 11 is 0. The van der Waals surface area contributed by atoms with Gasteiger partial charge >= 0.3 is 6.18 Å². The van der Waals surface area contributed by atoms with Gasteiger partial charge in [-0.05, 0) is 44.5 Å². The maximum atomic E-state index is 13.1. The van der Waals surface area contributed by atoms with Crippen LogP contribution in [0.1, 0.15) is 30.8 Å². The van der Waals surface area contributed by atoms with Gasteiger partial charge in [0.1, 0.15) is 5.82 Å². The Kier molecular flexibility index (Phi) is 5.90. The molecule has 0 radical (unpaired) electrons. The number of alkyl halides is 3. The van der Waals surface area contributed by atoms with Crippen molar-refractivity contribution in [2.24, 2.45) is 0 Å². The third-order valence-electron chi connectivity index (χ3n) is 5.38. The fraction of sp³-hybridized carbons (Fsp3) is 0.526. The predicted molar refractivity (Wildman–Crippen MR) is 107 cm³/mol. The van der Waals surface area contributed by atoms with Crippen molar-refractivity contribution in [1.29, 1.82) is 0 Å². The number of halogens is 3. The molecule has 3 aromatic heterocycles. The number of aryl methyl sites for hydroxylation is 1. The second-order valence-electron chi connectivity index (χ2n) is 7.61. The molecular weight excluding hydrogens is 413 g/mol. The maximum Gasteiger partial charge on any atom is 0.453 e. The molecule has 9 nitrogen and oxygen atoms in total. The van der Waals surface area contributed by atoms with Gasteiger partial charge in [-0.15, -0.1) is 15.3 Å². The van der Waals surface area contributed by atoms with Crippen LogP contribution in [-0.2, 0) is 12.7 Å². The van der Waals surface area contributed by atoms with Gasteiger partial charge in [-0.2, -0.15) is 22.8 Å². The van der Waals surface area contributed by atoms with Gasteiger partial charge in [0.2, 0.25) is 0 Å². The molecule has 1 unspecified atom stereocenters. The Bertz CT molecular complexity index is 1110. The van der Waals surface area contributed by atoms with Crippen molar-refractivity contribution in [3.63, 3.8) is 0 Å². The number of hydrogen-bond donors (Lipinski definition) is 1. The number of nitrogens with one attached hydrogen (secondary N) is 1. The molecule has 0 saturated carbocycles. The molecule has 1 saturated heterocycles. The van der Waals surface area contributed by atoms with Crippen molar-refractivity contribution in [2.45, 2.75) is 44.9 Å². The Balaban J connectivity index is 1.42. The predicted octanol–water partition coefficient (Wildman–Crippen LogP) is 1.97. The number of rotatable bonds is 6. The molecule has 0 aliphatic carbocycles. The lowest BCUT2D eigenvalue weighted by molar-refractivity contribution is -0.146. The van der Waals surface area contributed by atoms with Crippen LogP contribution in [0.5, 0.6) is 0 Å². The first kappa shape index (κ1) is 21.2. The summed E-state index contributed by atoms with van der Waals surface area (Å²) in [5.41, 5.74) is 0.683. The zero-order chi connectivity index (χ0) is 22.0. The van der Waals surface area contributed by atoms with Crippen LogP contribution in [0.15, 0.2) is 29.1 Å². The maximum absolute atomic E-state index is 13.1. The molecule has 12 heteroatoms. The Labute approximate surface area is 175 Å². The third-order valence-corrected chi connectivity index (χ3v) is 5.38. The summed E-state index contributed by atoms with van der Waals surface area (Å²) in [6.07, 6.45) is -1.55. The van der Waals surface area contributed by atoms with Crippen molar-refractivity contribution >= 4 is 11.5 Å².